The van der Waals surface area contributed by atoms with Crippen molar-refractivity contribution in [2.45, 2.75) is 19.9 Å². The van der Waals surface area contributed by atoms with Gasteiger partial charge in [0.05, 0.1) is 6.07 Å². The number of aryl methyl sites for hydroxylation is 2. The average Bonchev–Trinajstić information content (AvgIpc) is 2.46. The Labute approximate surface area is 118 Å². The molecule has 0 spiro atoms. The third kappa shape index (κ3) is 2.86. The Balaban J connectivity index is 2.24. The summed E-state index contributed by atoms with van der Waals surface area (Å²) in [5, 5.41) is 12.1. The summed E-state index contributed by atoms with van der Waals surface area (Å²) in [6, 6.07) is 16.4. The van der Waals surface area contributed by atoms with Crippen LogP contribution in [0.2, 0.25) is 0 Å². The van der Waals surface area contributed by atoms with Crippen LogP contribution in [-0.4, -0.2) is 5.91 Å². The highest BCUT2D eigenvalue weighted by Gasteiger charge is 2.17. The van der Waals surface area contributed by atoms with Crippen LogP contribution in [0, 0.1) is 25.2 Å². The van der Waals surface area contributed by atoms with Gasteiger partial charge in [0.1, 0.15) is 6.04 Å². The third-order valence-electron chi connectivity index (χ3n) is 3.29. The number of nitriles is 1. The largest absolute Gasteiger partial charge is 0.332 e. The fourth-order valence-corrected chi connectivity index (χ4v) is 2.13. The third-order valence-corrected chi connectivity index (χ3v) is 3.29. The summed E-state index contributed by atoms with van der Waals surface area (Å²) >= 11 is 0. The van der Waals surface area contributed by atoms with Crippen molar-refractivity contribution < 1.29 is 4.79 Å². The van der Waals surface area contributed by atoms with Gasteiger partial charge in [0.2, 0.25) is 0 Å². The molecule has 0 aliphatic heterocycles. The van der Waals surface area contributed by atoms with Gasteiger partial charge < -0.3 is 5.32 Å². The molecule has 0 aliphatic carbocycles. The highest BCUT2D eigenvalue weighted by atomic mass is 16.1. The van der Waals surface area contributed by atoms with E-state index in [1.807, 2.05) is 56.3 Å². The van der Waals surface area contributed by atoms with Crippen LogP contribution in [0.1, 0.15) is 33.1 Å². The SMILES string of the molecule is Cc1ccccc1C(=O)NC(C#N)c1ccccc1C. The highest BCUT2D eigenvalue weighted by molar-refractivity contribution is 5.96. The molecule has 0 heterocycles. The average molecular weight is 264 g/mol. The molecular weight excluding hydrogens is 248 g/mol. The quantitative estimate of drug-likeness (QED) is 0.924. The minimum Gasteiger partial charge on any atom is -0.332 e. The summed E-state index contributed by atoms with van der Waals surface area (Å²) in [6.45, 7) is 3.81. The van der Waals surface area contributed by atoms with Crippen LogP contribution in [0.4, 0.5) is 0 Å². The fourth-order valence-electron chi connectivity index (χ4n) is 2.13. The number of nitrogens with zero attached hydrogens (tertiary/aromatic N) is 1. The second-order valence-corrected chi connectivity index (χ2v) is 4.71. The molecular formula is C17H16N2O. The van der Waals surface area contributed by atoms with E-state index in [4.69, 9.17) is 0 Å². The Morgan fingerprint density at radius 1 is 1.05 bits per heavy atom. The van der Waals surface area contributed by atoms with E-state index in [9.17, 15) is 10.1 Å². The summed E-state index contributed by atoms with van der Waals surface area (Å²) in [5.74, 6) is -0.224. The van der Waals surface area contributed by atoms with E-state index in [-0.39, 0.29) is 5.91 Å². The summed E-state index contributed by atoms with van der Waals surface area (Å²) in [7, 11) is 0. The van der Waals surface area contributed by atoms with Gasteiger partial charge >= 0.3 is 0 Å². The monoisotopic (exact) mass is 264 g/mol. The maximum Gasteiger partial charge on any atom is 0.252 e. The number of rotatable bonds is 3. The molecule has 2 rings (SSSR count). The van der Waals surface area contributed by atoms with Gasteiger partial charge in [0.15, 0.2) is 0 Å². The highest BCUT2D eigenvalue weighted by Crippen LogP contribution is 2.18. The lowest BCUT2D eigenvalue weighted by molar-refractivity contribution is 0.0944. The molecule has 3 heteroatoms. The first kappa shape index (κ1) is 13.8. The summed E-state index contributed by atoms with van der Waals surface area (Å²) < 4.78 is 0. The van der Waals surface area contributed by atoms with E-state index in [1.54, 1.807) is 6.07 Å². The lowest BCUT2D eigenvalue weighted by Crippen LogP contribution is -2.28. The van der Waals surface area contributed by atoms with Crippen molar-refractivity contribution in [3.05, 3.63) is 70.8 Å². The van der Waals surface area contributed by atoms with E-state index in [0.717, 1.165) is 16.7 Å². The molecule has 2 aromatic rings. The Morgan fingerprint density at radius 2 is 1.65 bits per heavy atom. The van der Waals surface area contributed by atoms with E-state index in [2.05, 4.69) is 11.4 Å². The summed E-state index contributed by atoms with van der Waals surface area (Å²) in [6.07, 6.45) is 0. The molecule has 2 aromatic carbocycles. The number of hydrogen-bond donors (Lipinski definition) is 1. The normalized spacial score (nSPS) is 11.4. The van der Waals surface area contributed by atoms with Crippen molar-refractivity contribution in [1.82, 2.24) is 5.32 Å². The zero-order chi connectivity index (χ0) is 14.5. The zero-order valence-corrected chi connectivity index (χ0v) is 11.6. The van der Waals surface area contributed by atoms with Crippen molar-refractivity contribution in [2.75, 3.05) is 0 Å². The second-order valence-electron chi connectivity index (χ2n) is 4.71. The van der Waals surface area contributed by atoms with Crippen LogP contribution >= 0.6 is 0 Å². The van der Waals surface area contributed by atoms with Gasteiger partial charge in [-0.3, -0.25) is 4.79 Å². The topological polar surface area (TPSA) is 52.9 Å². The molecule has 1 unspecified atom stereocenters. The Hall–Kier alpha value is -2.60. The van der Waals surface area contributed by atoms with Crippen molar-refractivity contribution in [3.8, 4) is 6.07 Å². The molecule has 0 fully saturated rings. The van der Waals surface area contributed by atoms with E-state index >= 15 is 0 Å². The number of benzene rings is 2. The first-order valence-electron chi connectivity index (χ1n) is 6.45. The standard InChI is InChI=1S/C17H16N2O/c1-12-7-3-5-9-14(12)16(11-18)19-17(20)15-10-6-4-8-13(15)2/h3-10,16H,1-2H3,(H,19,20). The van der Waals surface area contributed by atoms with Crippen LogP contribution in [0.15, 0.2) is 48.5 Å². The summed E-state index contributed by atoms with van der Waals surface area (Å²) in [5.41, 5.74) is 3.31. The molecule has 0 aliphatic rings. The van der Waals surface area contributed by atoms with E-state index in [0.29, 0.717) is 5.56 Å². The Kier molecular flexibility index (Phi) is 4.17. The van der Waals surface area contributed by atoms with Gasteiger partial charge in [0, 0.05) is 5.56 Å². The van der Waals surface area contributed by atoms with Gasteiger partial charge in [0.25, 0.3) is 5.91 Å². The molecule has 1 amide bonds. The van der Waals surface area contributed by atoms with Gasteiger partial charge in [-0.25, -0.2) is 0 Å². The fraction of sp³-hybridized carbons (Fsp3) is 0.176. The van der Waals surface area contributed by atoms with E-state index in [1.165, 1.54) is 0 Å². The minimum absolute atomic E-state index is 0.224. The van der Waals surface area contributed by atoms with Crippen molar-refractivity contribution in [3.63, 3.8) is 0 Å². The molecule has 1 atom stereocenters. The Morgan fingerprint density at radius 3 is 2.25 bits per heavy atom. The molecule has 0 saturated carbocycles. The lowest BCUT2D eigenvalue weighted by Gasteiger charge is -2.15. The molecule has 0 radical (unpaired) electrons. The predicted molar refractivity (Wildman–Crippen MR) is 78.2 cm³/mol. The first-order chi connectivity index (χ1) is 9.63. The number of carbonyl (C=O) groups excluding carboxylic acids is 1. The van der Waals surface area contributed by atoms with Crippen LogP contribution in [0.25, 0.3) is 0 Å². The van der Waals surface area contributed by atoms with Crippen molar-refractivity contribution in [1.29, 1.82) is 5.26 Å². The van der Waals surface area contributed by atoms with Gasteiger partial charge in [-0.1, -0.05) is 42.5 Å². The molecule has 3 nitrogen and oxygen atoms in total. The van der Waals surface area contributed by atoms with E-state index < -0.39 is 6.04 Å². The van der Waals surface area contributed by atoms with Gasteiger partial charge in [-0.05, 0) is 36.6 Å². The molecule has 0 saturated heterocycles. The molecule has 100 valence electrons. The number of hydrogen-bond acceptors (Lipinski definition) is 2. The predicted octanol–water partition coefficient (Wildman–Crippen LogP) is 3.30. The van der Waals surface area contributed by atoms with Gasteiger partial charge in [-0.2, -0.15) is 5.26 Å². The van der Waals surface area contributed by atoms with Crippen LogP contribution < -0.4 is 5.32 Å². The van der Waals surface area contributed by atoms with Crippen molar-refractivity contribution in [2.24, 2.45) is 0 Å². The van der Waals surface area contributed by atoms with Gasteiger partial charge in [-0.15, -0.1) is 0 Å². The zero-order valence-electron chi connectivity index (χ0n) is 11.6. The molecule has 1 N–H and O–H groups in total. The molecule has 0 bridgehead atoms. The van der Waals surface area contributed by atoms with Crippen LogP contribution in [-0.2, 0) is 0 Å². The number of carbonyl (C=O) groups is 1. The minimum atomic E-state index is -0.636. The number of amides is 1. The lowest BCUT2D eigenvalue weighted by atomic mass is 10.0. The maximum atomic E-state index is 12.3. The molecule has 20 heavy (non-hydrogen) atoms. The Bertz CT molecular complexity index is 671. The van der Waals surface area contributed by atoms with Crippen molar-refractivity contribution >= 4 is 5.91 Å². The van der Waals surface area contributed by atoms with Crippen LogP contribution in [0.5, 0.6) is 0 Å². The molecule has 0 aromatic heterocycles. The first-order valence-corrected chi connectivity index (χ1v) is 6.45. The smallest absolute Gasteiger partial charge is 0.252 e. The number of nitrogens with one attached hydrogen (secondary N) is 1. The second kappa shape index (κ2) is 6.03. The maximum absolute atomic E-state index is 12.3. The summed E-state index contributed by atoms with van der Waals surface area (Å²) in [4.78, 5) is 12.3. The van der Waals surface area contributed by atoms with Crippen LogP contribution in [0.3, 0.4) is 0 Å².